The summed E-state index contributed by atoms with van der Waals surface area (Å²) in [6.07, 6.45) is 2.90. The van der Waals surface area contributed by atoms with E-state index in [2.05, 4.69) is 13.8 Å². The molecule has 3 heteroatoms. The number of rotatable bonds is 5. The molecule has 1 N–H and O–H groups in total. The molecule has 1 aliphatic rings. The smallest absolute Gasteiger partial charge is 0.161 e. The number of benzene rings is 1. The quantitative estimate of drug-likeness (QED) is 0.888. The maximum absolute atomic E-state index is 11.1. The molecule has 1 aromatic carbocycles. The lowest BCUT2D eigenvalue weighted by molar-refractivity contribution is -0.0487. The first-order valence-corrected chi connectivity index (χ1v) is 7.57. The summed E-state index contributed by atoms with van der Waals surface area (Å²) >= 11 is 0. The van der Waals surface area contributed by atoms with Crippen LogP contribution in [0.4, 0.5) is 0 Å². The summed E-state index contributed by atoms with van der Waals surface area (Å²) in [5.41, 5.74) is 0.0552. The fraction of sp³-hybridized carbons (Fsp3) is 0.647. The first-order valence-electron chi connectivity index (χ1n) is 7.57. The lowest BCUT2D eigenvalue weighted by Crippen LogP contribution is -2.36. The van der Waals surface area contributed by atoms with E-state index in [0.29, 0.717) is 13.2 Å². The van der Waals surface area contributed by atoms with Gasteiger partial charge in [0.25, 0.3) is 0 Å². The molecule has 0 amide bonds. The van der Waals surface area contributed by atoms with E-state index in [4.69, 9.17) is 9.47 Å². The van der Waals surface area contributed by atoms with Crippen LogP contribution >= 0.6 is 0 Å². The van der Waals surface area contributed by atoms with E-state index in [-0.39, 0.29) is 5.41 Å². The summed E-state index contributed by atoms with van der Waals surface area (Å²) in [4.78, 5) is 0. The highest BCUT2D eigenvalue weighted by Gasteiger charge is 2.48. The standard InChI is InChI=1S/C17H26O3/c1-5-19-14-9-8-13(12-15(14)20-6-2)17(18)11-7-10-16(17,3)4/h8-9,12,18H,5-7,10-11H2,1-4H3. The minimum Gasteiger partial charge on any atom is -0.490 e. The zero-order chi connectivity index (χ0) is 14.8. The van der Waals surface area contributed by atoms with Crippen molar-refractivity contribution in [2.75, 3.05) is 13.2 Å². The molecule has 112 valence electrons. The van der Waals surface area contributed by atoms with Crippen LogP contribution in [0.5, 0.6) is 11.5 Å². The normalized spacial score (nSPS) is 24.6. The molecule has 0 aromatic heterocycles. The number of aliphatic hydroxyl groups is 1. The molecule has 0 bridgehead atoms. The fourth-order valence-corrected chi connectivity index (χ4v) is 3.17. The summed E-state index contributed by atoms with van der Waals surface area (Å²) in [5, 5.41) is 11.1. The highest BCUT2D eigenvalue weighted by atomic mass is 16.5. The van der Waals surface area contributed by atoms with Crippen LogP contribution < -0.4 is 9.47 Å². The average molecular weight is 278 g/mol. The second-order valence-electron chi connectivity index (χ2n) is 6.13. The van der Waals surface area contributed by atoms with E-state index >= 15 is 0 Å². The molecule has 3 nitrogen and oxygen atoms in total. The van der Waals surface area contributed by atoms with Gasteiger partial charge in [-0.1, -0.05) is 19.9 Å². The van der Waals surface area contributed by atoms with Crippen molar-refractivity contribution >= 4 is 0 Å². The first kappa shape index (κ1) is 15.2. The van der Waals surface area contributed by atoms with Crippen molar-refractivity contribution in [1.29, 1.82) is 0 Å². The van der Waals surface area contributed by atoms with Crippen LogP contribution in [0.25, 0.3) is 0 Å². The van der Waals surface area contributed by atoms with E-state index < -0.39 is 5.60 Å². The lowest BCUT2D eigenvalue weighted by atomic mass is 9.73. The zero-order valence-corrected chi connectivity index (χ0v) is 13.0. The van der Waals surface area contributed by atoms with Gasteiger partial charge >= 0.3 is 0 Å². The van der Waals surface area contributed by atoms with Gasteiger partial charge in [0.2, 0.25) is 0 Å². The number of ether oxygens (including phenoxy) is 2. The largest absolute Gasteiger partial charge is 0.490 e. The van der Waals surface area contributed by atoms with Gasteiger partial charge in [0.05, 0.1) is 18.8 Å². The maximum Gasteiger partial charge on any atom is 0.161 e. The summed E-state index contributed by atoms with van der Waals surface area (Å²) in [7, 11) is 0. The molecule has 1 fully saturated rings. The summed E-state index contributed by atoms with van der Waals surface area (Å²) in [6, 6.07) is 5.83. The number of hydrogen-bond donors (Lipinski definition) is 1. The molecule has 20 heavy (non-hydrogen) atoms. The van der Waals surface area contributed by atoms with Gasteiger partial charge in [-0.2, -0.15) is 0 Å². The van der Waals surface area contributed by atoms with Crippen molar-refractivity contribution in [2.24, 2.45) is 5.41 Å². The molecular weight excluding hydrogens is 252 g/mol. The van der Waals surface area contributed by atoms with Gasteiger partial charge in [-0.3, -0.25) is 0 Å². The Morgan fingerprint density at radius 3 is 2.25 bits per heavy atom. The molecule has 1 saturated carbocycles. The molecule has 0 aliphatic heterocycles. The SMILES string of the molecule is CCOc1ccc(C2(O)CCCC2(C)C)cc1OCC. The maximum atomic E-state index is 11.1. The Labute approximate surface area is 121 Å². The van der Waals surface area contributed by atoms with E-state index in [1.165, 1.54) is 0 Å². The Balaban J connectivity index is 2.40. The van der Waals surface area contributed by atoms with Crippen molar-refractivity contribution in [3.63, 3.8) is 0 Å². The van der Waals surface area contributed by atoms with Crippen molar-refractivity contribution in [1.82, 2.24) is 0 Å². The van der Waals surface area contributed by atoms with Crippen molar-refractivity contribution in [3.05, 3.63) is 23.8 Å². The molecule has 1 atom stereocenters. The molecule has 0 saturated heterocycles. The van der Waals surface area contributed by atoms with Crippen molar-refractivity contribution in [3.8, 4) is 11.5 Å². The van der Waals surface area contributed by atoms with Crippen LogP contribution in [0, 0.1) is 5.41 Å². The Morgan fingerprint density at radius 1 is 1.05 bits per heavy atom. The zero-order valence-electron chi connectivity index (χ0n) is 13.0. The Kier molecular flexibility index (Phi) is 4.28. The second-order valence-corrected chi connectivity index (χ2v) is 6.13. The molecule has 0 spiro atoms. The third kappa shape index (κ3) is 2.51. The molecule has 1 unspecified atom stereocenters. The van der Waals surface area contributed by atoms with Gasteiger partial charge in [0.1, 0.15) is 0 Å². The van der Waals surface area contributed by atoms with Crippen LogP contribution in [0.3, 0.4) is 0 Å². The van der Waals surface area contributed by atoms with Crippen molar-refractivity contribution < 1.29 is 14.6 Å². The Hall–Kier alpha value is -1.22. The topological polar surface area (TPSA) is 38.7 Å². The van der Waals surface area contributed by atoms with E-state index in [1.54, 1.807) is 0 Å². The average Bonchev–Trinajstić information content (AvgIpc) is 2.67. The molecule has 2 rings (SSSR count). The van der Waals surface area contributed by atoms with Crippen LogP contribution in [-0.2, 0) is 5.60 Å². The van der Waals surface area contributed by atoms with Gasteiger partial charge in [0, 0.05) is 0 Å². The van der Waals surface area contributed by atoms with Crippen molar-refractivity contribution in [2.45, 2.75) is 52.6 Å². The van der Waals surface area contributed by atoms with E-state index in [0.717, 1.165) is 36.3 Å². The third-order valence-electron chi connectivity index (χ3n) is 4.48. The molecule has 0 heterocycles. The lowest BCUT2D eigenvalue weighted by Gasteiger charge is -2.37. The minimum absolute atomic E-state index is 0.108. The van der Waals surface area contributed by atoms with Crippen LogP contribution in [0.15, 0.2) is 18.2 Å². The molecule has 0 radical (unpaired) electrons. The van der Waals surface area contributed by atoms with E-state index in [9.17, 15) is 5.11 Å². The molecule has 1 aromatic rings. The first-order chi connectivity index (χ1) is 9.44. The molecule has 1 aliphatic carbocycles. The van der Waals surface area contributed by atoms with Gasteiger partial charge in [-0.15, -0.1) is 0 Å². The fourth-order valence-electron chi connectivity index (χ4n) is 3.17. The summed E-state index contributed by atoms with van der Waals surface area (Å²) in [6.45, 7) is 9.38. The predicted octanol–water partition coefficient (Wildman–Crippen LogP) is 3.88. The Morgan fingerprint density at radius 2 is 1.70 bits per heavy atom. The van der Waals surface area contributed by atoms with Gasteiger partial charge < -0.3 is 14.6 Å². The van der Waals surface area contributed by atoms with Crippen LogP contribution in [-0.4, -0.2) is 18.3 Å². The highest BCUT2D eigenvalue weighted by Crippen LogP contribution is 2.53. The van der Waals surface area contributed by atoms with E-state index in [1.807, 2.05) is 32.0 Å². The highest BCUT2D eigenvalue weighted by molar-refractivity contribution is 5.45. The van der Waals surface area contributed by atoms with Gasteiger partial charge in [0.15, 0.2) is 11.5 Å². The monoisotopic (exact) mass is 278 g/mol. The Bertz CT molecular complexity index is 467. The predicted molar refractivity (Wildman–Crippen MR) is 80.3 cm³/mol. The van der Waals surface area contributed by atoms with Crippen LogP contribution in [0.1, 0.15) is 52.5 Å². The molecular formula is C17H26O3. The third-order valence-corrected chi connectivity index (χ3v) is 4.48. The second kappa shape index (κ2) is 5.65. The summed E-state index contributed by atoms with van der Waals surface area (Å²) < 4.78 is 11.3. The van der Waals surface area contributed by atoms with Gasteiger partial charge in [-0.25, -0.2) is 0 Å². The van der Waals surface area contributed by atoms with Gasteiger partial charge in [-0.05, 0) is 56.2 Å². The minimum atomic E-state index is -0.774. The summed E-state index contributed by atoms with van der Waals surface area (Å²) in [5.74, 6) is 1.47. The number of hydrogen-bond acceptors (Lipinski definition) is 3. The van der Waals surface area contributed by atoms with Crippen LogP contribution in [0.2, 0.25) is 0 Å².